The summed E-state index contributed by atoms with van der Waals surface area (Å²) in [6.07, 6.45) is 1.11. The zero-order valence-corrected chi connectivity index (χ0v) is 14.9. The fourth-order valence-electron chi connectivity index (χ4n) is 1.93. The Kier molecular flexibility index (Phi) is 7.67. The number of rotatable bonds is 8. The summed E-state index contributed by atoms with van der Waals surface area (Å²) in [5.74, 6) is 2.05. The summed E-state index contributed by atoms with van der Waals surface area (Å²) < 4.78 is -0.276. The Morgan fingerprint density at radius 2 is 1.63 bits per heavy atom. The van der Waals surface area contributed by atoms with Gasteiger partial charge in [-0.3, -0.25) is 4.79 Å². The molecule has 0 aromatic rings. The van der Waals surface area contributed by atoms with Crippen LogP contribution >= 0.6 is 11.8 Å². The molecule has 1 atom stereocenters. The molecular weight excluding hydrogens is 254 g/mol. The van der Waals surface area contributed by atoms with E-state index in [9.17, 15) is 4.79 Å². The number of nitrogens with one attached hydrogen (secondary N) is 1. The molecule has 0 fully saturated rings. The van der Waals surface area contributed by atoms with E-state index in [1.807, 2.05) is 20.8 Å². The molecule has 0 rings (SSSR count). The van der Waals surface area contributed by atoms with E-state index >= 15 is 0 Å². The zero-order chi connectivity index (χ0) is 15.3. The fraction of sp³-hybridized carbons (Fsp3) is 0.938. The second kappa shape index (κ2) is 7.68. The van der Waals surface area contributed by atoms with Crippen molar-refractivity contribution in [2.75, 3.05) is 12.3 Å². The molecule has 0 aliphatic carbocycles. The monoisotopic (exact) mass is 287 g/mol. The molecule has 0 aliphatic heterocycles. The summed E-state index contributed by atoms with van der Waals surface area (Å²) in [5, 5.41) is 3.53. The van der Waals surface area contributed by atoms with Crippen molar-refractivity contribution in [3.63, 3.8) is 0 Å². The molecule has 1 N–H and O–H groups in total. The lowest BCUT2D eigenvalue weighted by Gasteiger charge is -2.30. The van der Waals surface area contributed by atoms with Gasteiger partial charge in [-0.2, -0.15) is 0 Å². The normalized spacial score (nSPS) is 14.8. The highest BCUT2D eigenvalue weighted by atomic mass is 32.2. The van der Waals surface area contributed by atoms with Crippen LogP contribution in [0, 0.1) is 11.3 Å². The number of carbonyl (C=O) groups is 1. The van der Waals surface area contributed by atoms with Crippen LogP contribution in [0.15, 0.2) is 0 Å². The van der Waals surface area contributed by atoms with Crippen LogP contribution in [0.25, 0.3) is 0 Å². The van der Waals surface area contributed by atoms with E-state index in [1.165, 1.54) is 0 Å². The van der Waals surface area contributed by atoms with Gasteiger partial charge in [-0.25, -0.2) is 0 Å². The third kappa shape index (κ3) is 7.36. The Bertz CT molecular complexity index is 279. The summed E-state index contributed by atoms with van der Waals surface area (Å²) >= 11 is 1.78. The average molecular weight is 288 g/mol. The van der Waals surface area contributed by atoms with Gasteiger partial charge in [0.2, 0.25) is 0 Å². The van der Waals surface area contributed by atoms with Gasteiger partial charge in [-0.1, -0.05) is 34.6 Å². The molecule has 114 valence electrons. The summed E-state index contributed by atoms with van der Waals surface area (Å²) in [5.41, 5.74) is -0.249. The first kappa shape index (κ1) is 19.0. The third-order valence-corrected chi connectivity index (χ3v) is 4.88. The van der Waals surface area contributed by atoms with Crippen LogP contribution in [0.4, 0.5) is 0 Å². The van der Waals surface area contributed by atoms with Crippen LogP contribution in [-0.2, 0) is 4.79 Å². The minimum Gasteiger partial charge on any atom is -0.314 e. The van der Waals surface area contributed by atoms with Gasteiger partial charge in [-0.05, 0) is 45.4 Å². The molecule has 2 nitrogen and oxygen atoms in total. The maximum atomic E-state index is 12.3. The van der Waals surface area contributed by atoms with E-state index in [0.717, 1.165) is 18.7 Å². The van der Waals surface area contributed by atoms with Gasteiger partial charge < -0.3 is 5.32 Å². The quantitative estimate of drug-likeness (QED) is 0.680. The molecular formula is C16H33NOS. The molecule has 3 heteroatoms. The zero-order valence-electron chi connectivity index (χ0n) is 14.1. The predicted molar refractivity (Wildman–Crippen MR) is 87.9 cm³/mol. The van der Waals surface area contributed by atoms with E-state index < -0.39 is 0 Å². The van der Waals surface area contributed by atoms with Crippen LogP contribution in [0.1, 0.15) is 61.8 Å². The summed E-state index contributed by atoms with van der Waals surface area (Å²) in [6, 6.07) is 0.564. The van der Waals surface area contributed by atoms with Gasteiger partial charge in [0.25, 0.3) is 0 Å². The highest BCUT2D eigenvalue weighted by Crippen LogP contribution is 2.33. The summed E-state index contributed by atoms with van der Waals surface area (Å²) in [7, 11) is 0. The summed E-state index contributed by atoms with van der Waals surface area (Å²) in [4.78, 5) is 12.3. The minimum atomic E-state index is -0.276. The minimum absolute atomic E-state index is 0.249. The average Bonchev–Trinajstić information content (AvgIpc) is 2.25. The van der Waals surface area contributed by atoms with Gasteiger partial charge in [0.15, 0.2) is 5.78 Å². The van der Waals surface area contributed by atoms with Gasteiger partial charge in [-0.15, -0.1) is 11.8 Å². The molecule has 0 aromatic carbocycles. The Labute approximate surface area is 124 Å². The fourth-order valence-corrected chi connectivity index (χ4v) is 3.17. The molecule has 0 spiro atoms. The van der Waals surface area contributed by atoms with E-state index in [2.05, 4.69) is 39.9 Å². The third-order valence-electron chi connectivity index (χ3n) is 3.48. The lowest BCUT2D eigenvalue weighted by Crippen LogP contribution is -2.38. The van der Waals surface area contributed by atoms with E-state index in [4.69, 9.17) is 0 Å². The highest BCUT2D eigenvalue weighted by Gasteiger charge is 2.35. The first-order chi connectivity index (χ1) is 8.48. The van der Waals surface area contributed by atoms with Gasteiger partial charge >= 0.3 is 0 Å². The van der Waals surface area contributed by atoms with Gasteiger partial charge in [0, 0.05) is 11.5 Å². The van der Waals surface area contributed by atoms with Crippen LogP contribution in [0.5, 0.6) is 0 Å². The van der Waals surface area contributed by atoms with Crippen molar-refractivity contribution in [1.29, 1.82) is 0 Å². The summed E-state index contributed by atoms with van der Waals surface area (Å²) in [6.45, 7) is 17.8. The Balaban J connectivity index is 3.98. The van der Waals surface area contributed by atoms with Crippen molar-refractivity contribution in [3.8, 4) is 0 Å². The predicted octanol–water partition coefficient (Wildman–Crippen LogP) is 4.14. The van der Waals surface area contributed by atoms with Gasteiger partial charge in [0.1, 0.15) is 0 Å². The highest BCUT2D eigenvalue weighted by molar-refractivity contribution is 8.01. The first-order valence-corrected chi connectivity index (χ1v) is 8.39. The van der Waals surface area contributed by atoms with Crippen molar-refractivity contribution in [1.82, 2.24) is 5.32 Å². The van der Waals surface area contributed by atoms with Crippen molar-refractivity contribution in [3.05, 3.63) is 0 Å². The molecule has 0 aliphatic rings. The van der Waals surface area contributed by atoms with Crippen LogP contribution in [-0.4, -0.2) is 28.9 Å². The van der Waals surface area contributed by atoms with Crippen LogP contribution < -0.4 is 5.32 Å². The van der Waals surface area contributed by atoms with Crippen LogP contribution in [0.2, 0.25) is 0 Å². The van der Waals surface area contributed by atoms with E-state index in [0.29, 0.717) is 17.7 Å². The van der Waals surface area contributed by atoms with Crippen molar-refractivity contribution in [2.24, 2.45) is 11.3 Å². The smallest absolute Gasteiger partial charge is 0.153 e. The second-order valence-electron chi connectivity index (χ2n) is 7.28. The number of hydrogen-bond acceptors (Lipinski definition) is 3. The Hall–Kier alpha value is -0.0200. The number of Topliss-reactive ketones (excluding diaryl/α,β-unsaturated/α-hetero) is 1. The maximum Gasteiger partial charge on any atom is 0.153 e. The lowest BCUT2D eigenvalue weighted by molar-refractivity contribution is -0.127. The second-order valence-corrected chi connectivity index (χ2v) is 9.00. The molecule has 19 heavy (non-hydrogen) atoms. The molecule has 1 unspecified atom stereocenters. The molecule has 0 radical (unpaired) electrons. The Morgan fingerprint density at radius 1 is 1.11 bits per heavy atom. The number of hydrogen-bond donors (Lipinski definition) is 1. The number of thioether (sulfide) groups is 1. The van der Waals surface area contributed by atoms with Crippen molar-refractivity contribution >= 4 is 17.5 Å². The Morgan fingerprint density at radius 3 is 2.05 bits per heavy atom. The molecule has 0 saturated carbocycles. The SMILES string of the molecule is CC(C)C(C)NCCCSC(C)(C)C(=O)C(C)(C)C. The molecule has 0 heterocycles. The van der Waals surface area contributed by atoms with E-state index in [-0.39, 0.29) is 10.2 Å². The van der Waals surface area contributed by atoms with Gasteiger partial charge in [0.05, 0.1) is 4.75 Å². The van der Waals surface area contributed by atoms with Crippen molar-refractivity contribution < 1.29 is 4.79 Å². The molecule has 0 amide bonds. The largest absolute Gasteiger partial charge is 0.314 e. The first-order valence-electron chi connectivity index (χ1n) is 7.40. The standard InChI is InChI=1S/C16H33NOS/c1-12(2)13(3)17-10-9-11-19-16(7,8)14(18)15(4,5)6/h12-13,17H,9-11H2,1-8H3. The molecule has 0 aromatic heterocycles. The molecule has 0 bridgehead atoms. The molecule has 0 saturated heterocycles. The lowest BCUT2D eigenvalue weighted by atomic mass is 9.84. The van der Waals surface area contributed by atoms with E-state index in [1.54, 1.807) is 11.8 Å². The maximum absolute atomic E-state index is 12.3. The van der Waals surface area contributed by atoms with Crippen molar-refractivity contribution in [2.45, 2.75) is 72.6 Å². The van der Waals surface area contributed by atoms with Crippen LogP contribution in [0.3, 0.4) is 0 Å². The number of carbonyl (C=O) groups excluding carboxylic acids is 1. The number of ketones is 1. The topological polar surface area (TPSA) is 29.1 Å².